The van der Waals surface area contributed by atoms with E-state index in [1.54, 1.807) is 0 Å². The summed E-state index contributed by atoms with van der Waals surface area (Å²) >= 11 is 0. The van der Waals surface area contributed by atoms with Crippen LogP contribution in [0.3, 0.4) is 0 Å². The van der Waals surface area contributed by atoms with E-state index in [0.29, 0.717) is 0 Å². The van der Waals surface area contributed by atoms with Crippen LogP contribution in [0.5, 0.6) is 0 Å². The second-order valence-electron chi connectivity index (χ2n) is 14.6. The van der Waals surface area contributed by atoms with E-state index in [1.165, 1.54) is 99.0 Å². The fourth-order valence-electron chi connectivity index (χ4n) is 9.47. The van der Waals surface area contributed by atoms with Gasteiger partial charge in [0.2, 0.25) is 0 Å². The normalized spacial score (nSPS) is 12.0. The first-order valence-electron chi connectivity index (χ1n) is 19.0. The maximum Gasteiger partial charge on any atom is 0.0709 e. The minimum Gasteiger partial charge on any atom is -0.309 e. The summed E-state index contributed by atoms with van der Waals surface area (Å²) in [5.41, 5.74) is 17.3. The van der Waals surface area contributed by atoms with Crippen LogP contribution in [0.2, 0.25) is 0 Å². The molecule has 254 valence electrons. The van der Waals surface area contributed by atoms with E-state index < -0.39 is 0 Å². The number of hydrogen-bond acceptors (Lipinski definition) is 1. The summed E-state index contributed by atoms with van der Waals surface area (Å²) in [6.07, 6.45) is 1.89. The van der Waals surface area contributed by atoms with E-state index in [1.807, 2.05) is 12.3 Å². The van der Waals surface area contributed by atoms with Gasteiger partial charge in [-0.1, -0.05) is 146 Å². The molecule has 2 nitrogen and oxygen atoms in total. The zero-order valence-electron chi connectivity index (χ0n) is 29.9. The molecule has 0 amide bonds. The summed E-state index contributed by atoms with van der Waals surface area (Å²) in [6.45, 7) is 0. The molecule has 0 fully saturated rings. The van der Waals surface area contributed by atoms with E-state index in [4.69, 9.17) is 4.98 Å². The third-order valence-electron chi connectivity index (χ3n) is 11.7. The molecular weight excluding hydrogens is 665 g/mol. The number of hydrogen-bond donors (Lipinski definition) is 0. The Hall–Kier alpha value is -7.29. The number of nitrogens with zero attached hydrogens (tertiary/aromatic N) is 2. The smallest absolute Gasteiger partial charge is 0.0709 e. The zero-order valence-corrected chi connectivity index (χ0v) is 29.9. The monoisotopic (exact) mass is 696 g/mol. The first-order valence-corrected chi connectivity index (χ1v) is 19.0. The quantitative estimate of drug-likeness (QED) is 0.179. The molecule has 0 unspecified atom stereocenters. The molecule has 2 aromatic heterocycles. The molecule has 1 aliphatic carbocycles. The van der Waals surface area contributed by atoms with Crippen LogP contribution in [0.4, 0.5) is 0 Å². The Morgan fingerprint density at radius 3 is 1.65 bits per heavy atom. The van der Waals surface area contributed by atoms with Crippen molar-refractivity contribution in [2.45, 2.75) is 0 Å². The molecule has 0 atom stereocenters. The van der Waals surface area contributed by atoms with Gasteiger partial charge in [0, 0.05) is 28.0 Å². The van der Waals surface area contributed by atoms with E-state index >= 15 is 0 Å². The van der Waals surface area contributed by atoms with E-state index in [0.717, 1.165) is 16.6 Å². The highest BCUT2D eigenvalue weighted by atomic mass is 15.0. The predicted octanol–water partition coefficient (Wildman–Crippen LogP) is 14.3. The summed E-state index contributed by atoms with van der Waals surface area (Å²) in [4.78, 5) is 4.76. The van der Waals surface area contributed by atoms with Crippen LogP contribution in [-0.2, 0) is 0 Å². The van der Waals surface area contributed by atoms with Crippen LogP contribution in [0.25, 0.3) is 116 Å². The first kappa shape index (κ1) is 30.2. The largest absolute Gasteiger partial charge is 0.309 e. The van der Waals surface area contributed by atoms with Gasteiger partial charge in [-0.15, -0.1) is 0 Å². The molecule has 11 aromatic rings. The molecule has 55 heavy (non-hydrogen) atoms. The fourth-order valence-corrected chi connectivity index (χ4v) is 9.47. The summed E-state index contributed by atoms with van der Waals surface area (Å²) in [6, 6.07) is 69.0. The number of aromatic nitrogens is 2. The molecule has 9 aromatic carbocycles. The molecule has 2 heterocycles. The van der Waals surface area contributed by atoms with Crippen LogP contribution < -0.4 is 0 Å². The predicted molar refractivity (Wildman–Crippen MR) is 232 cm³/mol. The number of para-hydroxylation sites is 1. The van der Waals surface area contributed by atoms with Crippen LogP contribution in [0.1, 0.15) is 0 Å². The fraction of sp³-hybridized carbons (Fsp3) is 0. The van der Waals surface area contributed by atoms with Crippen LogP contribution in [0.15, 0.2) is 194 Å². The van der Waals surface area contributed by atoms with E-state index in [-0.39, 0.29) is 0 Å². The zero-order chi connectivity index (χ0) is 36.0. The van der Waals surface area contributed by atoms with Gasteiger partial charge < -0.3 is 4.57 Å². The average molecular weight is 697 g/mol. The number of benzene rings is 9. The number of fused-ring (bicyclic) bond motifs is 8. The average Bonchev–Trinajstić information content (AvgIpc) is 3.75. The number of pyridine rings is 1. The molecule has 0 N–H and O–H groups in total. The van der Waals surface area contributed by atoms with Gasteiger partial charge in [0.05, 0.1) is 16.6 Å². The van der Waals surface area contributed by atoms with Crippen molar-refractivity contribution in [1.29, 1.82) is 0 Å². The summed E-state index contributed by atoms with van der Waals surface area (Å²) in [5, 5.41) is 8.71. The summed E-state index contributed by atoms with van der Waals surface area (Å²) < 4.78 is 2.39. The van der Waals surface area contributed by atoms with Gasteiger partial charge in [-0.05, 0) is 120 Å². The topological polar surface area (TPSA) is 17.8 Å². The second kappa shape index (κ2) is 11.6. The van der Waals surface area contributed by atoms with Gasteiger partial charge in [-0.2, -0.15) is 0 Å². The summed E-state index contributed by atoms with van der Waals surface area (Å²) in [7, 11) is 0. The van der Waals surface area contributed by atoms with Gasteiger partial charge >= 0.3 is 0 Å². The Kier molecular flexibility index (Phi) is 6.37. The Morgan fingerprint density at radius 1 is 0.345 bits per heavy atom. The van der Waals surface area contributed by atoms with E-state index in [9.17, 15) is 0 Å². The Bertz CT molecular complexity index is 3250. The van der Waals surface area contributed by atoms with Crippen molar-refractivity contribution >= 4 is 54.3 Å². The van der Waals surface area contributed by atoms with Crippen molar-refractivity contribution in [3.63, 3.8) is 0 Å². The lowest BCUT2D eigenvalue weighted by Gasteiger charge is -2.20. The Balaban J connectivity index is 1.16. The minimum absolute atomic E-state index is 1.01. The van der Waals surface area contributed by atoms with Gasteiger partial charge in [0.15, 0.2) is 0 Å². The minimum atomic E-state index is 1.01. The molecule has 0 spiro atoms. The molecule has 0 saturated carbocycles. The van der Waals surface area contributed by atoms with Gasteiger partial charge in [0.25, 0.3) is 0 Å². The SMILES string of the molecule is c1ccc(-c2c3c(c(-c4ccccc4)c4ccccc24)-c2ccc(-c4ccc5c(c4)c4cc6ncccc6cc4n5-c4ccccc4)c4cccc-3c24)cc1. The highest BCUT2D eigenvalue weighted by Gasteiger charge is 2.31. The number of rotatable bonds is 4. The first-order chi connectivity index (χ1) is 27.3. The molecule has 1 aliphatic rings. The Labute approximate surface area is 318 Å². The standard InChI is InChI=1S/C53H32N2/c1-4-14-33(15-5-1)49-40-21-10-11-22-41(40)50(34-16-6-2-7-17-34)53-43-27-26-38(39-23-12-24-42(51(39)43)52(49)53)35-25-28-47-44(30-35)45-32-46-36(18-13-29-54-46)31-48(45)55(47)37-19-8-3-9-20-37/h1-32H. The maximum atomic E-state index is 4.76. The third-order valence-corrected chi connectivity index (χ3v) is 11.7. The van der Waals surface area contributed by atoms with Crippen molar-refractivity contribution in [3.8, 4) is 61.3 Å². The lowest BCUT2D eigenvalue weighted by Crippen LogP contribution is -1.93. The molecule has 0 radical (unpaired) electrons. The molecule has 0 saturated heterocycles. The van der Waals surface area contributed by atoms with E-state index in [2.05, 4.69) is 187 Å². The lowest BCUT2D eigenvalue weighted by molar-refractivity contribution is 1.18. The highest BCUT2D eigenvalue weighted by molar-refractivity contribution is 6.29. The van der Waals surface area contributed by atoms with Crippen LogP contribution >= 0.6 is 0 Å². The van der Waals surface area contributed by atoms with Gasteiger partial charge in [0.1, 0.15) is 0 Å². The van der Waals surface area contributed by atoms with Crippen molar-refractivity contribution in [2.24, 2.45) is 0 Å². The van der Waals surface area contributed by atoms with Gasteiger partial charge in [-0.25, -0.2) is 0 Å². The molecule has 0 bridgehead atoms. The molecule has 12 rings (SSSR count). The maximum absolute atomic E-state index is 4.76. The molecule has 0 aliphatic heterocycles. The molecule has 2 heteroatoms. The van der Waals surface area contributed by atoms with Crippen molar-refractivity contribution in [3.05, 3.63) is 194 Å². The lowest BCUT2D eigenvalue weighted by atomic mass is 9.82. The van der Waals surface area contributed by atoms with Crippen LogP contribution in [0, 0.1) is 0 Å². The van der Waals surface area contributed by atoms with Crippen molar-refractivity contribution < 1.29 is 0 Å². The van der Waals surface area contributed by atoms with Crippen LogP contribution in [-0.4, -0.2) is 9.55 Å². The molecular formula is C53H32N2. The summed E-state index contributed by atoms with van der Waals surface area (Å²) in [5.74, 6) is 0. The third kappa shape index (κ3) is 4.34. The second-order valence-corrected chi connectivity index (χ2v) is 14.6. The van der Waals surface area contributed by atoms with Crippen molar-refractivity contribution in [2.75, 3.05) is 0 Å². The van der Waals surface area contributed by atoms with Crippen molar-refractivity contribution in [1.82, 2.24) is 9.55 Å². The highest BCUT2D eigenvalue weighted by Crippen LogP contribution is 2.58. The van der Waals surface area contributed by atoms with Gasteiger partial charge in [-0.3, -0.25) is 4.98 Å². The Morgan fingerprint density at radius 2 is 0.945 bits per heavy atom.